The summed E-state index contributed by atoms with van der Waals surface area (Å²) in [6, 6.07) is 0.152. The summed E-state index contributed by atoms with van der Waals surface area (Å²) in [7, 11) is 2.17. The summed E-state index contributed by atoms with van der Waals surface area (Å²) in [4.78, 5) is 44.4. The standard InChI is InChI=1S/C22H36N4O3/c1-15-10-21(2,3)14-22(11-15)19(28)26(20(29)23-22)13-18(27)25-9-7-17-16(12-25)6-5-8-24(17)4/h15-17H,5-14H2,1-4H3,(H,23,29)/t15-,16+,17+,22+/m1/s1. The van der Waals surface area contributed by atoms with Crippen molar-refractivity contribution in [3.8, 4) is 0 Å². The molecule has 4 atom stereocenters. The van der Waals surface area contributed by atoms with E-state index in [1.165, 1.54) is 11.3 Å². The van der Waals surface area contributed by atoms with Gasteiger partial charge in [-0.1, -0.05) is 20.8 Å². The van der Waals surface area contributed by atoms with Gasteiger partial charge in [0.2, 0.25) is 5.91 Å². The van der Waals surface area contributed by atoms with Crippen molar-refractivity contribution < 1.29 is 14.4 Å². The molecule has 7 nitrogen and oxygen atoms in total. The number of piperidine rings is 2. The highest BCUT2D eigenvalue weighted by molar-refractivity contribution is 6.09. The number of carbonyl (C=O) groups is 3. The first-order valence-electron chi connectivity index (χ1n) is 11.2. The Morgan fingerprint density at radius 3 is 2.66 bits per heavy atom. The Hall–Kier alpha value is -1.63. The van der Waals surface area contributed by atoms with Crippen molar-refractivity contribution in [3.63, 3.8) is 0 Å². The number of hydrogen-bond acceptors (Lipinski definition) is 4. The number of nitrogens with zero attached hydrogens (tertiary/aromatic N) is 3. The SMILES string of the molecule is C[C@@H]1CC(C)(C)C[C@]2(C1)NC(=O)N(CC(=O)N1CC[C@H]3[C@@H](CCCN3C)C1)C2=O. The topological polar surface area (TPSA) is 73.0 Å². The molecule has 4 rings (SSSR count). The second-order valence-corrected chi connectivity index (χ2v) is 10.8. The van der Waals surface area contributed by atoms with E-state index < -0.39 is 11.6 Å². The normalized spacial score (nSPS) is 37.6. The zero-order valence-corrected chi connectivity index (χ0v) is 18.4. The van der Waals surface area contributed by atoms with Crippen LogP contribution in [0.4, 0.5) is 4.79 Å². The average molecular weight is 405 g/mol. The number of rotatable bonds is 2. The van der Waals surface area contributed by atoms with Crippen molar-refractivity contribution >= 4 is 17.8 Å². The number of nitrogens with one attached hydrogen (secondary N) is 1. The molecule has 3 heterocycles. The van der Waals surface area contributed by atoms with Crippen LogP contribution in [0.15, 0.2) is 0 Å². The molecule has 4 amide bonds. The maximum Gasteiger partial charge on any atom is 0.325 e. The second kappa shape index (κ2) is 7.25. The van der Waals surface area contributed by atoms with Gasteiger partial charge in [0.1, 0.15) is 12.1 Å². The van der Waals surface area contributed by atoms with Crippen LogP contribution in [0.1, 0.15) is 59.3 Å². The van der Waals surface area contributed by atoms with Crippen LogP contribution in [-0.2, 0) is 9.59 Å². The van der Waals surface area contributed by atoms with Crippen molar-refractivity contribution in [3.05, 3.63) is 0 Å². The fourth-order valence-electron chi connectivity index (χ4n) is 6.76. The molecule has 4 aliphatic rings. The average Bonchev–Trinajstić information content (AvgIpc) is 2.83. The molecule has 3 saturated heterocycles. The van der Waals surface area contributed by atoms with E-state index in [0.29, 0.717) is 37.3 Å². The molecule has 1 N–H and O–H groups in total. The van der Waals surface area contributed by atoms with Crippen molar-refractivity contribution in [2.24, 2.45) is 17.3 Å². The quantitative estimate of drug-likeness (QED) is 0.715. The highest BCUT2D eigenvalue weighted by Crippen LogP contribution is 2.46. The number of fused-ring (bicyclic) bond motifs is 1. The zero-order valence-electron chi connectivity index (χ0n) is 18.4. The number of carbonyl (C=O) groups excluding carboxylic acids is 3. The molecule has 7 heteroatoms. The van der Waals surface area contributed by atoms with Crippen molar-refractivity contribution in [2.75, 3.05) is 33.2 Å². The van der Waals surface area contributed by atoms with Gasteiger partial charge in [0, 0.05) is 19.1 Å². The number of hydrogen-bond donors (Lipinski definition) is 1. The van der Waals surface area contributed by atoms with E-state index in [9.17, 15) is 14.4 Å². The zero-order chi connectivity index (χ0) is 21.0. The number of urea groups is 1. The fourth-order valence-corrected chi connectivity index (χ4v) is 6.76. The Kier molecular flexibility index (Phi) is 5.16. The van der Waals surface area contributed by atoms with Crippen LogP contribution in [0, 0.1) is 17.3 Å². The van der Waals surface area contributed by atoms with Gasteiger partial charge in [-0.25, -0.2) is 4.79 Å². The molecule has 0 aromatic rings. The van der Waals surface area contributed by atoms with E-state index in [0.717, 1.165) is 32.4 Å². The first-order valence-corrected chi connectivity index (χ1v) is 11.2. The van der Waals surface area contributed by atoms with Gasteiger partial charge in [0.25, 0.3) is 5.91 Å². The maximum atomic E-state index is 13.3. The molecule has 0 aromatic heterocycles. The summed E-state index contributed by atoms with van der Waals surface area (Å²) in [5.41, 5.74) is -0.840. The Morgan fingerprint density at radius 2 is 1.93 bits per heavy atom. The number of likely N-dealkylation sites (tertiary alicyclic amines) is 2. The fraction of sp³-hybridized carbons (Fsp3) is 0.864. The van der Waals surface area contributed by atoms with Gasteiger partial charge in [-0.05, 0) is 69.4 Å². The maximum absolute atomic E-state index is 13.3. The number of imide groups is 1. The molecule has 1 spiro atoms. The van der Waals surface area contributed by atoms with Crippen molar-refractivity contribution in [1.82, 2.24) is 20.0 Å². The molecule has 0 bridgehead atoms. The van der Waals surface area contributed by atoms with Gasteiger partial charge in [-0.3, -0.25) is 14.5 Å². The highest BCUT2D eigenvalue weighted by Gasteiger charge is 2.56. The van der Waals surface area contributed by atoms with Gasteiger partial charge in [0.15, 0.2) is 0 Å². The smallest absolute Gasteiger partial charge is 0.325 e. The molecule has 29 heavy (non-hydrogen) atoms. The Balaban J connectivity index is 1.42. The van der Waals surface area contributed by atoms with E-state index in [4.69, 9.17) is 0 Å². The Labute approximate surface area is 174 Å². The van der Waals surface area contributed by atoms with Crippen LogP contribution in [0.3, 0.4) is 0 Å². The molecule has 1 saturated carbocycles. The summed E-state index contributed by atoms with van der Waals surface area (Å²) in [6.45, 7) is 8.91. The minimum absolute atomic E-state index is 0.00445. The lowest BCUT2D eigenvalue weighted by atomic mass is 9.64. The summed E-state index contributed by atoms with van der Waals surface area (Å²) in [5, 5.41) is 2.97. The van der Waals surface area contributed by atoms with Crippen LogP contribution in [-0.4, -0.2) is 77.4 Å². The van der Waals surface area contributed by atoms with E-state index in [-0.39, 0.29) is 23.8 Å². The third-order valence-corrected chi connectivity index (χ3v) is 7.62. The lowest BCUT2D eigenvalue weighted by Gasteiger charge is -2.46. The van der Waals surface area contributed by atoms with E-state index >= 15 is 0 Å². The molecule has 162 valence electrons. The summed E-state index contributed by atoms with van der Waals surface area (Å²) in [6.07, 6.45) is 5.64. The second-order valence-electron chi connectivity index (χ2n) is 10.8. The predicted molar refractivity (Wildman–Crippen MR) is 110 cm³/mol. The lowest BCUT2D eigenvalue weighted by molar-refractivity contribution is -0.142. The van der Waals surface area contributed by atoms with Crippen LogP contribution in [0.2, 0.25) is 0 Å². The largest absolute Gasteiger partial charge is 0.341 e. The van der Waals surface area contributed by atoms with Gasteiger partial charge in [-0.15, -0.1) is 0 Å². The first-order chi connectivity index (χ1) is 13.6. The van der Waals surface area contributed by atoms with Gasteiger partial charge in [-0.2, -0.15) is 0 Å². The van der Waals surface area contributed by atoms with Gasteiger partial charge < -0.3 is 15.1 Å². The van der Waals surface area contributed by atoms with Gasteiger partial charge >= 0.3 is 6.03 Å². The van der Waals surface area contributed by atoms with Crippen molar-refractivity contribution in [1.29, 1.82) is 0 Å². The molecule has 0 aromatic carbocycles. The molecular formula is C22H36N4O3. The molecule has 4 fully saturated rings. The highest BCUT2D eigenvalue weighted by atomic mass is 16.2. The van der Waals surface area contributed by atoms with Crippen molar-refractivity contribution in [2.45, 2.75) is 70.9 Å². The molecular weight excluding hydrogens is 368 g/mol. The first kappa shape index (κ1) is 20.6. The van der Waals surface area contributed by atoms with Gasteiger partial charge in [0.05, 0.1) is 0 Å². The number of amides is 4. The third kappa shape index (κ3) is 3.78. The van der Waals surface area contributed by atoms with Crippen LogP contribution in [0.25, 0.3) is 0 Å². The molecule has 1 aliphatic carbocycles. The molecule has 0 radical (unpaired) electrons. The third-order valence-electron chi connectivity index (χ3n) is 7.62. The van der Waals surface area contributed by atoms with Crippen LogP contribution >= 0.6 is 0 Å². The van der Waals surface area contributed by atoms with Crippen LogP contribution in [0.5, 0.6) is 0 Å². The minimum atomic E-state index is -0.836. The lowest BCUT2D eigenvalue weighted by Crippen LogP contribution is -2.56. The summed E-state index contributed by atoms with van der Waals surface area (Å²) >= 11 is 0. The van der Waals surface area contributed by atoms with Crippen LogP contribution < -0.4 is 5.32 Å². The monoisotopic (exact) mass is 404 g/mol. The van der Waals surface area contributed by atoms with E-state index in [1.807, 2.05) is 4.90 Å². The molecule has 0 unspecified atom stereocenters. The summed E-state index contributed by atoms with van der Waals surface area (Å²) < 4.78 is 0. The van der Waals surface area contributed by atoms with E-state index in [2.05, 4.69) is 38.0 Å². The molecule has 3 aliphatic heterocycles. The van der Waals surface area contributed by atoms with E-state index in [1.54, 1.807) is 0 Å². The minimum Gasteiger partial charge on any atom is -0.341 e. The predicted octanol–water partition coefficient (Wildman–Crippen LogP) is 2.07. The Morgan fingerprint density at radius 1 is 1.17 bits per heavy atom. The Bertz CT molecular complexity index is 708. The summed E-state index contributed by atoms with van der Waals surface area (Å²) in [5.74, 6) is 0.560.